The van der Waals surface area contributed by atoms with E-state index in [9.17, 15) is 14.8 Å². The van der Waals surface area contributed by atoms with E-state index in [2.05, 4.69) is 5.32 Å². The SMILES string of the molecule is CC(=O)c1ccc(-c2cc(Cl)c3c(c2)C[C@H](CNC(=O)c2ccc[n+]([O-])c2)O3)s1. The maximum absolute atomic E-state index is 12.2. The van der Waals surface area contributed by atoms with Crippen molar-refractivity contribution < 1.29 is 19.1 Å². The van der Waals surface area contributed by atoms with Crippen LogP contribution in [0, 0.1) is 5.21 Å². The molecule has 2 aromatic heterocycles. The van der Waals surface area contributed by atoms with Crippen molar-refractivity contribution in [3.05, 3.63) is 75.0 Å². The molecule has 3 aromatic rings. The molecule has 0 saturated heterocycles. The fourth-order valence-electron chi connectivity index (χ4n) is 3.22. The monoisotopic (exact) mass is 428 g/mol. The number of Topliss-reactive ketones (excluding diaryl/α,β-unsaturated/α-hetero) is 1. The third-order valence-electron chi connectivity index (χ3n) is 4.62. The molecule has 1 atom stereocenters. The molecule has 0 bridgehead atoms. The molecule has 148 valence electrons. The molecule has 0 aliphatic carbocycles. The average Bonchev–Trinajstić information content (AvgIpc) is 3.33. The van der Waals surface area contributed by atoms with Crippen LogP contribution >= 0.6 is 22.9 Å². The van der Waals surface area contributed by atoms with Gasteiger partial charge < -0.3 is 15.3 Å². The highest BCUT2D eigenvalue weighted by molar-refractivity contribution is 7.17. The molecule has 1 aliphatic rings. The Morgan fingerprint density at radius 2 is 2.17 bits per heavy atom. The first kappa shape index (κ1) is 19.4. The fraction of sp³-hybridized carbons (Fsp3) is 0.190. The summed E-state index contributed by atoms with van der Waals surface area (Å²) in [4.78, 5) is 25.4. The summed E-state index contributed by atoms with van der Waals surface area (Å²) in [7, 11) is 0. The minimum Gasteiger partial charge on any atom is -0.619 e. The summed E-state index contributed by atoms with van der Waals surface area (Å²) in [6.45, 7) is 1.84. The first-order chi connectivity index (χ1) is 13.9. The van der Waals surface area contributed by atoms with E-state index in [1.807, 2.05) is 24.3 Å². The van der Waals surface area contributed by atoms with Gasteiger partial charge in [0.25, 0.3) is 5.91 Å². The van der Waals surface area contributed by atoms with Gasteiger partial charge >= 0.3 is 0 Å². The van der Waals surface area contributed by atoms with Crippen molar-refractivity contribution in [1.82, 2.24) is 5.32 Å². The summed E-state index contributed by atoms with van der Waals surface area (Å²) in [6, 6.07) is 10.7. The largest absolute Gasteiger partial charge is 0.619 e. The summed E-state index contributed by atoms with van der Waals surface area (Å²) in [5.41, 5.74) is 2.18. The van der Waals surface area contributed by atoms with Crippen LogP contribution in [0.15, 0.2) is 48.8 Å². The van der Waals surface area contributed by atoms with Crippen LogP contribution in [0.4, 0.5) is 0 Å². The third kappa shape index (κ3) is 4.11. The van der Waals surface area contributed by atoms with Gasteiger partial charge in [0.15, 0.2) is 18.2 Å². The number of hydrogen-bond donors (Lipinski definition) is 1. The van der Waals surface area contributed by atoms with Crippen molar-refractivity contribution in [1.29, 1.82) is 0 Å². The number of nitrogens with zero attached hydrogens (tertiary/aromatic N) is 1. The van der Waals surface area contributed by atoms with Crippen molar-refractivity contribution in [2.45, 2.75) is 19.4 Å². The van der Waals surface area contributed by atoms with Gasteiger partial charge in [-0.2, -0.15) is 4.73 Å². The van der Waals surface area contributed by atoms with Crippen molar-refractivity contribution in [2.75, 3.05) is 6.54 Å². The van der Waals surface area contributed by atoms with E-state index in [0.29, 0.717) is 33.3 Å². The molecule has 0 fully saturated rings. The zero-order valence-electron chi connectivity index (χ0n) is 15.5. The van der Waals surface area contributed by atoms with Crippen LogP contribution in [0.1, 0.15) is 32.5 Å². The van der Waals surface area contributed by atoms with Gasteiger partial charge in [0.2, 0.25) is 0 Å². The van der Waals surface area contributed by atoms with Crippen molar-refractivity contribution >= 4 is 34.6 Å². The first-order valence-electron chi connectivity index (χ1n) is 8.98. The second-order valence-electron chi connectivity index (χ2n) is 6.77. The molecule has 1 aromatic carbocycles. The molecule has 0 spiro atoms. The zero-order chi connectivity index (χ0) is 20.5. The number of benzene rings is 1. The van der Waals surface area contributed by atoms with E-state index in [1.165, 1.54) is 29.8 Å². The molecule has 4 rings (SSSR count). The number of ketones is 1. The molecular formula is C21H17ClN2O4S. The second-order valence-corrected chi connectivity index (χ2v) is 8.26. The Balaban J connectivity index is 1.45. The van der Waals surface area contributed by atoms with E-state index < -0.39 is 0 Å². The second kappa shape index (κ2) is 7.85. The molecule has 6 nitrogen and oxygen atoms in total. The molecule has 0 saturated carbocycles. The minimum atomic E-state index is -0.336. The topological polar surface area (TPSA) is 82.3 Å². The standard InChI is InChI=1S/C21H17ClN2O4S/c1-12(25)18-4-5-19(29-18)14-7-15-8-16(28-20(15)17(22)9-14)10-23-21(26)13-3-2-6-24(27)11-13/h2-7,9,11,16H,8,10H2,1H3,(H,23,26)/t16-/m1/s1. The predicted molar refractivity (Wildman–Crippen MR) is 111 cm³/mol. The van der Waals surface area contributed by atoms with E-state index in [0.717, 1.165) is 16.0 Å². The van der Waals surface area contributed by atoms with Crippen LogP contribution in [0.3, 0.4) is 0 Å². The smallest absolute Gasteiger partial charge is 0.257 e. The maximum atomic E-state index is 12.2. The lowest BCUT2D eigenvalue weighted by atomic mass is 10.1. The van der Waals surface area contributed by atoms with Gasteiger partial charge in [0.1, 0.15) is 17.4 Å². The lowest BCUT2D eigenvalue weighted by Crippen LogP contribution is -2.36. The number of fused-ring (bicyclic) bond motifs is 1. The molecule has 8 heteroatoms. The Morgan fingerprint density at radius 1 is 1.34 bits per heavy atom. The maximum Gasteiger partial charge on any atom is 0.257 e. The first-order valence-corrected chi connectivity index (χ1v) is 10.2. The predicted octanol–water partition coefficient (Wildman–Crippen LogP) is 3.64. The Kier molecular flexibility index (Phi) is 5.25. The lowest BCUT2D eigenvalue weighted by Gasteiger charge is -2.12. The number of amides is 1. The summed E-state index contributed by atoms with van der Waals surface area (Å²) in [5, 5.41) is 14.6. The van der Waals surface area contributed by atoms with Crippen LogP contribution < -0.4 is 14.8 Å². The van der Waals surface area contributed by atoms with Crippen LogP contribution in [-0.4, -0.2) is 24.3 Å². The van der Waals surface area contributed by atoms with E-state index in [4.69, 9.17) is 16.3 Å². The van der Waals surface area contributed by atoms with Crippen molar-refractivity contribution in [3.63, 3.8) is 0 Å². The summed E-state index contributed by atoms with van der Waals surface area (Å²) < 4.78 is 6.50. The summed E-state index contributed by atoms with van der Waals surface area (Å²) >= 11 is 7.85. The molecule has 29 heavy (non-hydrogen) atoms. The highest BCUT2D eigenvalue weighted by Crippen LogP contribution is 2.41. The highest BCUT2D eigenvalue weighted by Gasteiger charge is 2.27. The Labute approximate surface area is 176 Å². The van der Waals surface area contributed by atoms with Gasteiger partial charge in [-0.25, -0.2) is 0 Å². The fourth-order valence-corrected chi connectivity index (χ4v) is 4.40. The minimum absolute atomic E-state index is 0.0357. The lowest BCUT2D eigenvalue weighted by molar-refractivity contribution is -0.605. The Morgan fingerprint density at radius 3 is 2.90 bits per heavy atom. The van der Waals surface area contributed by atoms with Crippen LogP contribution in [0.2, 0.25) is 5.02 Å². The average molecular weight is 429 g/mol. The summed E-state index contributed by atoms with van der Waals surface area (Å²) in [5.74, 6) is 0.320. The van der Waals surface area contributed by atoms with Crippen molar-refractivity contribution in [2.24, 2.45) is 0 Å². The number of ether oxygens (including phenoxy) is 1. The number of rotatable bonds is 5. The van der Waals surface area contributed by atoms with Crippen LogP contribution in [-0.2, 0) is 6.42 Å². The number of carbonyl (C=O) groups is 2. The number of hydrogen-bond acceptors (Lipinski definition) is 5. The molecule has 0 unspecified atom stereocenters. The number of aromatic nitrogens is 1. The number of pyridine rings is 1. The van der Waals surface area contributed by atoms with Gasteiger partial charge in [-0.05, 0) is 42.8 Å². The number of carbonyl (C=O) groups excluding carboxylic acids is 2. The molecular weight excluding hydrogens is 412 g/mol. The molecule has 0 radical (unpaired) electrons. The highest BCUT2D eigenvalue weighted by atomic mass is 35.5. The van der Waals surface area contributed by atoms with Crippen molar-refractivity contribution in [3.8, 4) is 16.2 Å². The van der Waals surface area contributed by atoms with Gasteiger partial charge in [-0.15, -0.1) is 11.3 Å². The van der Waals surface area contributed by atoms with Gasteiger partial charge in [0, 0.05) is 22.9 Å². The van der Waals surface area contributed by atoms with E-state index in [1.54, 1.807) is 13.0 Å². The van der Waals surface area contributed by atoms with Gasteiger partial charge in [0.05, 0.1) is 16.4 Å². The van der Waals surface area contributed by atoms with Crippen LogP contribution in [0.5, 0.6) is 5.75 Å². The van der Waals surface area contributed by atoms with Gasteiger partial charge in [-0.3, -0.25) is 9.59 Å². The summed E-state index contributed by atoms with van der Waals surface area (Å²) in [6.07, 6.45) is 2.89. The molecule has 1 aliphatic heterocycles. The number of nitrogens with one attached hydrogen (secondary N) is 1. The third-order valence-corrected chi connectivity index (χ3v) is 6.13. The normalized spacial score (nSPS) is 14.9. The zero-order valence-corrected chi connectivity index (χ0v) is 17.0. The number of thiophene rings is 1. The van der Waals surface area contributed by atoms with Gasteiger partial charge in [-0.1, -0.05) is 11.6 Å². The Bertz CT molecular complexity index is 1110. The van der Waals surface area contributed by atoms with Crippen LogP contribution in [0.25, 0.3) is 10.4 Å². The van der Waals surface area contributed by atoms with E-state index >= 15 is 0 Å². The molecule has 1 N–H and O–H groups in total. The molecule has 3 heterocycles. The number of halogens is 1. The quantitative estimate of drug-likeness (QED) is 0.382. The van der Waals surface area contributed by atoms with E-state index in [-0.39, 0.29) is 23.4 Å². The Hall–Kier alpha value is -2.90. The molecule has 1 amide bonds.